The highest BCUT2D eigenvalue weighted by atomic mass is 19.1. The number of benzene rings is 2. The minimum atomic E-state index is -1.16. The van der Waals surface area contributed by atoms with E-state index in [1.807, 2.05) is 11.8 Å². The standard InChI is InChI=1S/C38H45F2N5O4/c1-3-26-29(39)10-9-24-16-25(46)17-27(31(24)26)33-32(40)34-28(18-41-33)35(45-14-15-48-21-37(2,47)20-45)43-36(42-34)49-22-38-11-4-6-30(38)44(13-5-12-38)19-23-7-8-23/h9-10,16-18,23,30,46-47H,3-8,11-15,19-22H2,1-2H3/t30-,37+,38-/m1/s1. The SMILES string of the molecule is CCc1c(F)ccc2cc(O)cc(-c3ncc4c(N5CCOC[C@@](C)(O)C5)nc(OC[C@]56CCC[C@H]5N(CC5CC5)CCC6)nc4c3F)c12. The highest BCUT2D eigenvalue weighted by molar-refractivity contribution is 6.01. The molecule has 0 spiro atoms. The van der Waals surface area contributed by atoms with E-state index in [9.17, 15) is 10.2 Å². The Morgan fingerprint density at radius 3 is 2.73 bits per heavy atom. The Morgan fingerprint density at radius 1 is 1.08 bits per heavy atom. The van der Waals surface area contributed by atoms with Crippen LogP contribution in [0.5, 0.6) is 11.8 Å². The highest BCUT2D eigenvalue weighted by Crippen LogP contribution is 2.49. The topological polar surface area (TPSA) is 104 Å². The molecule has 0 radical (unpaired) electrons. The van der Waals surface area contributed by atoms with Crippen LogP contribution in [0.2, 0.25) is 0 Å². The Hall–Kier alpha value is -3.67. The number of ether oxygens (including phenoxy) is 2. The van der Waals surface area contributed by atoms with Crippen molar-refractivity contribution < 1.29 is 28.5 Å². The molecule has 4 fully saturated rings. The van der Waals surface area contributed by atoms with Crippen molar-refractivity contribution in [3.05, 3.63) is 47.7 Å². The molecule has 0 bridgehead atoms. The average molecular weight is 674 g/mol. The first-order chi connectivity index (χ1) is 23.6. The lowest BCUT2D eigenvalue weighted by Crippen LogP contribution is -2.52. The van der Waals surface area contributed by atoms with Gasteiger partial charge in [-0.15, -0.1) is 0 Å². The van der Waals surface area contributed by atoms with Crippen LogP contribution in [0, 0.1) is 23.0 Å². The number of aromatic hydroxyl groups is 1. The number of phenolic OH excluding ortho intramolecular Hbond substituents is 1. The second-order valence-corrected chi connectivity index (χ2v) is 15.1. The third-order valence-corrected chi connectivity index (χ3v) is 11.3. The third kappa shape index (κ3) is 6.08. The molecule has 4 heterocycles. The number of nitrogens with zero attached hydrogens (tertiary/aromatic N) is 5. The number of aromatic nitrogens is 3. The lowest BCUT2D eigenvalue weighted by molar-refractivity contribution is -0.0123. The van der Waals surface area contributed by atoms with Gasteiger partial charge in [-0.2, -0.15) is 9.97 Å². The number of anilines is 1. The zero-order valence-electron chi connectivity index (χ0n) is 28.4. The first-order valence-electron chi connectivity index (χ1n) is 17.9. The molecule has 3 atom stereocenters. The molecular formula is C38H45F2N5O4. The van der Waals surface area contributed by atoms with Gasteiger partial charge < -0.3 is 24.6 Å². The lowest BCUT2D eigenvalue weighted by Gasteiger charge is -2.46. The number of hydrogen-bond acceptors (Lipinski definition) is 9. The number of β-amino-alcohol motifs (C(OH)–C–C–N with tert-alkyl or cyclic N) is 1. The molecule has 49 heavy (non-hydrogen) atoms. The fourth-order valence-electron chi connectivity index (χ4n) is 8.80. The van der Waals surface area contributed by atoms with Crippen molar-refractivity contribution in [2.75, 3.05) is 50.9 Å². The van der Waals surface area contributed by atoms with Gasteiger partial charge in [-0.3, -0.25) is 9.88 Å². The number of rotatable bonds is 8. The average Bonchev–Trinajstić information content (AvgIpc) is 3.83. The minimum Gasteiger partial charge on any atom is -0.508 e. The maximum atomic E-state index is 17.0. The summed E-state index contributed by atoms with van der Waals surface area (Å²) in [6.45, 7) is 7.43. The van der Waals surface area contributed by atoms with E-state index in [4.69, 9.17) is 19.4 Å². The van der Waals surface area contributed by atoms with Crippen molar-refractivity contribution in [3.8, 4) is 23.0 Å². The van der Waals surface area contributed by atoms with E-state index in [0.29, 0.717) is 59.8 Å². The van der Waals surface area contributed by atoms with Crippen LogP contribution in [0.15, 0.2) is 30.5 Å². The molecule has 2 aliphatic heterocycles. The van der Waals surface area contributed by atoms with E-state index >= 15 is 8.78 Å². The summed E-state index contributed by atoms with van der Waals surface area (Å²) in [6, 6.07) is 6.45. The number of phenols is 1. The van der Waals surface area contributed by atoms with Crippen molar-refractivity contribution in [3.63, 3.8) is 0 Å². The second kappa shape index (κ2) is 12.6. The molecule has 260 valence electrons. The number of piperidine rings is 1. The van der Waals surface area contributed by atoms with Gasteiger partial charge in [0.15, 0.2) is 5.82 Å². The molecule has 2 saturated heterocycles. The normalized spacial score (nSPS) is 26.3. The maximum Gasteiger partial charge on any atom is 0.319 e. The molecule has 11 heteroatoms. The molecule has 4 aliphatic rings. The van der Waals surface area contributed by atoms with Crippen molar-refractivity contribution >= 4 is 27.5 Å². The molecule has 9 nitrogen and oxygen atoms in total. The summed E-state index contributed by atoms with van der Waals surface area (Å²) in [6.07, 6.45) is 10.1. The summed E-state index contributed by atoms with van der Waals surface area (Å²) in [5.41, 5.74) is -0.500. The molecule has 2 aliphatic carbocycles. The smallest absolute Gasteiger partial charge is 0.319 e. The Bertz CT molecular complexity index is 1900. The van der Waals surface area contributed by atoms with Gasteiger partial charge in [0.25, 0.3) is 0 Å². The number of pyridine rings is 1. The second-order valence-electron chi connectivity index (χ2n) is 15.1. The van der Waals surface area contributed by atoms with Crippen molar-refractivity contribution in [1.82, 2.24) is 19.9 Å². The van der Waals surface area contributed by atoms with E-state index in [2.05, 4.69) is 9.88 Å². The van der Waals surface area contributed by atoms with Crippen LogP contribution in [-0.2, 0) is 11.2 Å². The molecule has 4 aromatic rings. The van der Waals surface area contributed by atoms with Gasteiger partial charge in [0.2, 0.25) is 0 Å². The van der Waals surface area contributed by atoms with Crippen LogP contribution in [0.1, 0.15) is 64.4 Å². The van der Waals surface area contributed by atoms with Gasteiger partial charge >= 0.3 is 6.01 Å². The summed E-state index contributed by atoms with van der Waals surface area (Å²) in [5, 5.41) is 23.1. The first kappa shape index (κ1) is 32.5. The summed E-state index contributed by atoms with van der Waals surface area (Å²) in [4.78, 5) is 18.7. The van der Waals surface area contributed by atoms with E-state index in [0.717, 1.165) is 51.1 Å². The number of fused-ring (bicyclic) bond motifs is 3. The molecule has 2 aromatic carbocycles. The van der Waals surface area contributed by atoms with E-state index < -0.39 is 17.2 Å². The number of halogens is 2. The number of aliphatic hydroxyl groups is 1. The summed E-state index contributed by atoms with van der Waals surface area (Å²) in [5.74, 6) is 0.0291. The first-order valence-corrected chi connectivity index (χ1v) is 17.9. The van der Waals surface area contributed by atoms with Gasteiger partial charge in [0.05, 0.1) is 31.8 Å². The zero-order valence-corrected chi connectivity index (χ0v) is 28.4. The Labute approximate surface area is 285 Å². The summed E-state index contributed by atoms with van der Waals surface area (Å²) >= 11 is 0. The Morgan fingerprint density at radius 2 is 1.92 bits per heavy atom. The molecule has 8 rings (SSSR count). The monoisotopic (exact) mass is 673 g/mol. The predicted octanol–water partition coefficient (Wildman–Crippen LogP) is 6.40. The van der Waals surface area contributed by atoms with Gasteiger partial charge in [-0.05, 0) is 98.9 Å². The van der Waals surface area contributed by atoms with Crippen LogP contribution >= 0.6 is 0 Å². The fourth-order valence-corrected chi connectivity index (χ4v) is 8.80. The number of likely N-dealkylation sites (tertiary alicyclic amines) is 1. The van der Waals surface area contributed by atoms with Gasteiger partial charge in [0, 0.05) is 36.3 Å². The van der Waals surface area contributed by atoms with Crippen molar-refractivity contribution in [1.29, 1.82) is 0 Å². The van der Waals surface area contributed by atoms with Crippen LogP contribution in [0.3, 0.4) is 0 Å². The number of hydrogen-bond donors (Lipinski definition) is 2. The molecule has 2 N–H and O–H groups in total. The largest absolute Gasteiger partial charge is 0.508 e. The third-order valence-electron chi connectivity index (χ3n) is 11.3. The molecule has 0 unspecified atom stereocenters. The molecule has 2 saturated carbocycles. The van der Waals surface area contributed by atoms with Crippen LogP contribution in [-0.4, -0.2) is 87.7 Å². The molecular weight excluding hydrogens is 628 g/mol. The summed E-state index contributed by atoms with van der Waals surface area (Å²) < 4.78 is 44.3. The molecule has 0 amide bonds. The number of aryl methyl sites for hydroxylation is 1. The predicted molar refractivity (Wildman–Crippen MR) is 184 cm³/mol. The zero-order chi connectivity index (χ0) is 33.9. The highest BCUT2D eigenvalue weighted by Gasteiger charge is 2.49. The van der Waals surface area contributed by atoms with Crippen LogP contribution < -0.4 is 9.64 Å². The Kier molecular flexibility index (Phi) is 8.35. The lowest BCUT2D eigenvalue weighted by atomic mass is 9.75. The van der Waals surface area contributed by atoms with Crippen LogP contribution in [0.25, 0.3) is 32.9 Å². The van der Waals surface area contributed by atoms with Gasteiger partial charge in [0.1, 0.15) is 34.2 Å². The summed E-state index contributed by atoms with van der Waals surface area (Å²) in [7, 11) is 0. The van der Waals surface area contributed by atoms with Gasteiger partial charge in [-0.25, -0.2) is 8.78 Å². The van der Waals surface area contributed by atoms with E-state index in [-0.39, 0.29) is 47.1 Å². The van der Waals surface area contributed by atoms with Crippen LogP contribution in [0.4, 0.5) is 14.6 Å². The van der Waals surface area contributed by atoms with Crippen molar-refractivity contribution in [2.45, 2.75) is 76.9 Å². The van der Waals surface area contributed by atoms with Gasteiger partial charge in [-0.1, -0.05) is 19.4 Å². The van der Waals surface area contributed by atoms with E-state index in [1.54, 1.807) is 19.1 Å². The van der Waals surface area contributed by atoms with E-state index in [1.165, 1.54) is 31.2 Å². The quantitative estimate of drug-likeness (QED) is 0.220. The minimum absolute atomic E-state index is 0.00517. The van der Waals surface area contributed by atoms with Crippen molar-refractivity contribution in [2.24, 2.45) is 11.3 Å². The molecule has 2 aromatic heterocycles. The Balaban J connectivity index is 1.23. The maximum absolute atomic E-state index is 17.0. The fraction of sp³-hybridized carbons (Fsp3) is 0.553.